The molecule has 2 amide bonds. The molecule has 0 saturated carbocycles. The largest absolute Gasteiger partial charge is 0.439 e. The number of amides is 2. The predicted octanol–water partition coefficient (Wildman–Crippen LogP) is 4.06. The number of halogens is 1. The number of nitrogens with zero attached hydrogens (tertiary/aromatic N) is 2. The summed E-state index contributed by atoms with van der Waals surface area (Å²) in [5, 5.41) is 5.98. The van der Waals surface area contributed by atoms with Crippen molar-refractivity contribution in [2.75, 3.05) is 10.6 Å². The first-order valence-electron chi connectivity index (χ1n) is 8.40. The average Bonchev–Trinajstić information content (AvgIpc) is 2.63. The van der Waals surface area contributed by atoms with Crippen LogP contribution in [-0.4, -0.2) is 21.8 Å². The molecule has 0 spiro atoms. The summed E-state index contributed by atoms with van der Waals surface area (Å²) in [5.74, 6) is 0.786. The number of hydrogen-bond acceptors (Lipinski definition) is 5. The lowest BCUT2D eigenvalue weighted by molar-refractivity contribution is -0.116. The Kier molecular flexibility index (Phi) is 6.18. The zero-order valence-corrected chi connectivity index (χ0v) is 15.7. The van der Waals surface area contributed by atoms with E-state index in [-0.39, 0.29) is 24.1 Å². The molecule has 28 heavy (non-hydrogen) atoms. The summed E-state index contributed by atoms with van der Waals surface area (Å²) in [6.07, 6.45) is 1.52. The molecule has 0 aliphatic heterocycles. The summed E-state index contributed by atoms with van der Waals surface area (Å²) in [4.78, 5) is 31.2. The monoisotopic (exact) mass is 396 g/mol. The van der Waals surface area contributed by atoms with E-state index in [0.29, 0.717) is 22.3 Å². The van der Waals surface area contributed by atoms with Gasteiger partial charge in [-0.1, -0.05) is 23.7 Å². The molecule has 0 fully saturated rings. The SMILES string of the molecule is CC(=O)Nc1cc(Oc2ccc(NC(=O)Cc3cccc(Cl)c3)cc2)ncn1. The minimum Gasteiger partial charge on any atom is -0.439 e. The summed E-state index contributed by atoms with van der Waals surface area (Å²) in [6.45, 7) is 1.39. The van der Waals surface area contributed by atoms with Gasteiger partial charge in [-0.3, -0.25) is 9.59 Å². The third-order valence-corrected chi connectivity index (χ3v) is 3.80. The van der Waals surface area contributed by atoms with Crippen LogP contribution in [0, 0.1) is 0 Å². The van der Waals surface area contributed by atoms with Gasteiger partial charge in [0.25, 0.3) is 0 Å². The molecule has 3 rings (SSSR count). The van der Waals surface area contributed by atoms with Crippen LogP contribution in [0.4, 0.5) is 11.5 Å². The lowest BCUT2D eigenvalue weighted by Gasteiger charge is -2.08. The number of rotatable bonds is 6. The number of aromatic nitrogens is 2. The topological polar surface area (TPSA) is 93.2 Å². The van der Waals surface area contributed by atoms with E-state index in [1.54, 1.807) is 36.4 Å². The lowest BCUT2D eigenvalue weighted by Crippen LogP contribution is -2.14. The number of nitrogens with one attached hydrogen (secondary N) is 2. The molecule has 0 aliphatic rings. The molecular formula is C20H17ClN4O3. The Bertz CT molecular complexity index is 993. The van der Waals surface area contributed by atoms with Gasteiger partial charge in [0.15, 0.2) is 0 Å². The van der Waals surface area contributed by atoms with Crippen molar-refractivity contribution >= 4 is 34.9 Å². The molecule has 0 radical (unpaired) electrons. The van der Waals surface area contributed by atoms with Crippen LogP contribution in [0.25, 0.3) is 0 Å². The maximum absolute atomic E-state index is 12.2. The fourth-order valence-corrected chi connectivity index (χ4v) is 2.62. The van der Waals surface area contributed by atoms with Crippen molar-refractivity contribution in [1.82, 2.24) is 9.97 Å². The smallest absolute Gasteiger partial charge is 0.228 e. The molecule has 0 unspecified atom stereocenters. The fraction of sp³-hybridized carbons (Fsp3) is 0.100. The third kappa shape index (κ3) is 5.78. The highest BCUT2D eigenvalue weighted by Crippen LogP contribution is 2.22. The normalized spacial score (nSPS) is 10.2. The van der Waals surface area contributed by atoms with Gasteiger partial charge in [0, 0.05) is 23.7 Å². The third-order valence-electron chi connectivity index (χ3n) is 3.56. The minimum atomic E-state index is -0.234. The van der Waals surface area contributed by atoms with Crippen LogP contribution in [0.15, 0.2) is 60.9 Å². The van der Waals surface area contributed by atoms with Crippen molar-refractivity contribution in [2.24, 2.45) is 0 Å². The van der Waals surface area contributed by atoms with Crippen molar-refractivity contribution in [3.8, 4) is 11.6 Å². The van der Waals surface area contributed by atoms with Crippen LogP contribution in [0.2, 0.25) is 5.02 Å². The lowest BCUT2D eigenvalue weighted by atomic mass is 10.1. The zero-order valence-electron chi connectivity index (χ0n) is 15.0. The second-order valence-corrected chi connectivity index (χ2v) is 6.34. The van der Waals surface area contributed by atoms with Crippen molar-refractivity contribution < 1.29 is 14.3 Å². The summed E-state index contributed by atoms with van der Waals surface area (Å²) in [7, 11) is 0. The second kappa shape index (κ2) is 8.96. The van der Waals surface area contributed by atoms with Gasteiger partial charge in [-0.25, -0.2) is 9.97 Å². The first-order chi connectivity index (χ1) is 13.5. The first kappa shape index (κ1) is 19.3. The van der Waals surface area contributed by atoms with Gasteiger partial charge in [-0.05, 0) is 42.0 Å². The number of anilines is 2. The molecule has 0 aliphatic carbocycles. The van der Waals surface area contributed by atoms with Crippen LogP contribution in [-0.2, 0) is 16.0 Å². The van der Waals surface area contributed by atoms with Gasteiger partial charge in [-0.15, -0.1) is 0 Å². The van der Waals surface area contributed by atoms with E-state index in [1.807, 2.05) is 12.1 Å². The van der Waals surface area contributed by atoms with E-state index in [4.69, 9.17) is 16.3 Å². The van der Waals surface area contributed by atoms with Gasteiger partial charge in [-0.2, -0.15) is 0 Å². The van der Waals surface area contributed by atoms with E-state index >= 15 is 0 Å². The Balaban J connectivity index is 1.59. The molecule has 1 aromatic heterocycles. The molecule has 1 heterocycles. The molecule has 7 nitrogen and oxygen atoms in total. The first-order valence-corrected chi connectivity index (χ1v) is 8.77. The zero-order chi connectivity index (χ0) is 19.9. The van der Waals surface area contributed by atoms with E-state index in [0.717, 1.165) is 5.56 Å². The quantitative estimate of drug-likeness (QED) is 0.655. The minimum absolute atomic E-state index is 0.147. The molecule has 2 aromatic carbocycles. The van der Waals surface area contributed by atoms with Crippen LogP contribution < -0.4 is 15.4 Å². The molecule has 8 heteroatoms. The van der Waals surface area contributed by atoms with Crippen molar-refractivity contribution in [1.29, 1.82) is 0 Å². The van der Waals surface area contributed by atoms with Gasteiger partial charge < -0.3 is 15.4 Å². The van der Waals surface area contributed by atoms with E-state index < -0.39 is 0 Å². The highest BCUT2D eigenvalue weighted by Gasteiger charge is 2.06. The van der Waals surface area contributed by atoms with Gasteiger partial charge >= 0.3 is 0 Å². The summed E-state index contributed by atoms with van der Waals surface area (Å²) >= 11 is 5.93. The maximum Gasteiger partial charge on any atom is 0.228 e. The number of benzene rings is 2. The molecule has 0 bridgehead atoms. The standard InChI is InChI=1S/C20H17ClN4O3/c1-13(26)24-18-11-20(23-12-22-18)28-17-7-5-16(6-8-17)25-19(27)10-14-3-2-4-15(21)9-14/h2-9,11-12H,10H2,1H3,(H,25,27)(H,22,23,24,26). The summed E-state index contributed by atoms with van der Waals surface area (Å²) in [6, 6.07) is 15.5. The number of carbonyl (C=O) groups is 2. The second-order valence-electron chi connectivity index (χ2n) is 5.90. The van der Waals surface area contributed by atoms with Crippen molar-refractivity contribution in [2.45, 2.75) is 13.3 Å². The fourth-order valence-electron chi connectivity index (χ4n) is 2.41. The van der Waals surface area contributed by atoms with Crippen LogP contribution >= 0.6 is 11.6 Å². The Morgan fingerprint density at radius 2 is 1.82 bits per heavy atom. The Hall–Kier alpha value is -3.45. The van der Waals surface area contributed by atoms with Crippen LogP contribution in [0.1, 0.15) is 12.5 Å². The summed E-state index contributed by atoms with van der Waals surface area (Å²) < 4.78 is 5.64. The molecule has 142 valence electrons. The number of carbonyl (C=O) groups excluding carboxylic acids is 2. The van der Waals surface area contributed by atoms with Gasteiger partial charge in [0.2, 0.25) is 17.7 Å². The van der Waals surface area contributed by atoms with Gasteiger partial charge in [0.1, 0.15) is 17.9 Å². The molecule has 0 saturated heterocycles. The number of hydrogen-bond donors (Lipinski definition) is 2. The average molecular weight is 397 g/mol. The molecule has 2 N–H and O–H groups in total. The maximum atomic E-state index is 12.2. The Morgan fingerprint density at radius 3 is 2.54 bits per heavy atom. The predicted molar refractivity (Wildman–Crippen MR) is 107 cm³/mol. The van der Waals surface area contributed by atoms with E-state index in [2.05, 4.69) is 20.6 Å². The Morgan fingerprint density at radius 1 is 1.04 bits per heavy atom. The highest BCUT2D eigenvalue weighted by molar-refractivity contribution is 6.30. The molecule has 0 atom stereocenters. The number of ether oxygens (including phenoxy) is 1. The van der Waals surface area contributed by atoms with Crippen molar-refractivity contribution in [3.63, 3.8) is 0 Å². The van der Waals surface area contributed by atoms with Crippen LogP contribution in [0.3, 0.4) is 0 Å². The van der Waals surface area contributed by atoms with E-state index in [9.17, 15) is 9.59 Å². The highest BCUT2D eigenvalue weighted by atomic mass is 35.5. The Labute approximate surface area is 166 Å². The summed E-state index contributed by atoms with van der Waals surface area (Å²) in [5.41, 5.74) is 1.48. The molecular weight excluding hydrogens is 380 g/mol. The van der Waals surface area contributed by atoms with E-state index in [1.165, 1.54) is 19.3 Å². The molecule has 3 aromatic rings. The van der Waals surface area contributed by atoms with Gasteiger partial charge in [0.05, 0.1) is 6.42 Å². The van der Waals surface area contributed by atoms with Crippen molar-refractivity contribution in [3.05, 3.63) is 71.5 Å². The van der Waals surface area contributed by atoms with Crippen LogP contribution in [0.5, 0.6) is 11.6 Å².